The first-order valence-electron chi connectivity index (χ1n) is 5.82. The summed E-state index contributed by atoms with van der Waals surface area (Å²) in [6.07, 6.45) is 5.88. The monoisotopic (exact) mass is 223 g/mol. The van der Waals surface area contributed by atoms with Crippen molar-refractivity contribution in [3.8, 4) is 0 Å². The molecule has 1 aliphatic heterocycles. The lowest BCUT2D eigenvalue weighted by Gasteiger charge is -2.17. The summed E-state index contributed by atoms with van der Waals surface area (Å²) in [5.41, 5.74) is 5.13. The van der Waals surface area contributed by atoms with E-state index in [4.69, 9.17) is 0 Å². The van der Waals surface area contributed by atoms with Gasteiger partial charge in [-0.2, -0.15) is 0 Å². The van der Waals surface area contributed by atoms with Crippen molar-refractivity contribution in [1.82, 2.24) is 0 Å². The van der Waals surface area contributed by atoms with Crippen molar-refractivity contribution >= 4 is 19.6 Å². The van der Waals surface area contributed by atoms with Crippen LogP contribution in [-0.2, 0) is 0 Å². The van der Waals surface area contributed by atoms with Crippen molar-refractivity contribution in [2.45, 2.75) is 13.3 Å². The maximum absolute atomic E-state index is 4.04. The van der Waals surface area contributed by atoms with Crippen LogP contribution in [0, 0.1) is 5.92 Å². The average molecular weight is 223 g/mol. The molecule has 0 spiro atoms. The third kappa shape index (κ3) is 1.28. The average Bonchev–Trinajstić information content (AvgIpc) is 2.61. The molecule has 1 unspecified atom stereocenters. The Morgan fingerprint density at radius 1 is 1.38 bits per heavy atom. The lowest BCUT2D eigenvalue weighted by molar-refractivity contribution is 0.730. The normalized spacial score (nSPS) is 23.2. The van der Waals surface area contributed by atoms with E-state index in [2.05, 4.69) is 55.6 Å². The third-order valence-corrected chi connectivity index (χ3v) is 6.03. The molecule has 1 heterocycles. The number of hydrogen-bond acceptors (Lipinski definition) is 0. The van der Waals surface area contributed by atoms with Crippen LogP contribution in [-0.4, -0.2) is 8.80 Å². The van der Waals surface area contributed by atoms with Gasteiger partial charge in [-0.15, -0.1) is 6.58 Å². The van der Waals surface area contributed by atoms with Crippen molar-refractivity contribution in [1.29, 1.82) is 0 Å². The van der Waals surface area contributed by atoms with E-state index in [9.17, 15) is 0 Å². The largest absolute Gasteiger partial charge is 0.143 e. The molecule has 2 aliphatic rings. The summed E-state index contributed by atoms with van der Waals surface area (Å²) in [5, 5.41) is 3.20. The Hall–Kier alpha value is -1.34. The van der Waals surface area contributed by atoms with E-state index in [0.29, 0.717) is 5.92 Å². The number of hydrogen-bond donors (Lipinski definition) is 0. The highest BCUT2D eigenvalue weighted by molar-refractivity contribution is 6.87. The number of benzene rings is 1. The van der Waals surface area contributed by atoms with E-state index in [1.807, 2.05) is 0 Å². The van der Waals surface area contributed by atoms with Crippen LogP contribution >= 0.6 is 0 Å². The van der Waals surface area contributed by atoms with Gasteiger partial charge in [0.15, 0.2) is 0 Å². The van der Waals surface area contributed by atoms with E-state index >= 15 is 0 Å². The van der Waals surface area contributed by atoms with Gasteiger partial charge in [0.25, 0.3) is 0 Å². The van der Waals surface area contributed by atoms with Gasteiger partial charge in [0.05, 0.1) is 0 Å². The van der Waals surface area contributed by atoms with Crippen molar-refractivity contribution in [3.05, 3.63) is 59.5 Å². The topological polar surface area (TPSA) is 0 Å². The zero-order valence-corrected chi connectivity index (χ0v) is 10.5. The van der Waals surface area contributed by atoms with Gasteiger partial charge in [-0.25, -0.2) is 0 Å². The minimum atomic E-state index is -0.647. The Kier molecular flexibility index (Phi) is 2.22. The fourth-order valence-electron chi connectivity index (χ4n) is 2.72. The van der Waals surface area contributed by atoms with E-state index in [1.54, 1.807) is 5.20 Å². The molecule has 0 bridgehead atoms. The molecule has 0 fully saturated rings. The molecular formula is C15H15Si. The molecule has 0 saturated carbocycles. The standard InChI is InChI=1S/C15H15Si/c1-3-16-14-7-5-4-6-12(14)13-9-8-11(2)10-15(13)16/h3-9,11H,1,10H2,2H3. The number of allylic oxidation sites excluding steroid dienone is 4. The molecule has 79 valence electrons. The highest BCUT2D eigenvalue weighted by Crippen LogP contribution is 2.36. The van der Waals surface area contributed by atoms with E-state index in [0.717, 1.165) is 0 Å². The van der Waals surface area contributed by atoms with Gasteiger partial charge >= 0.3 is 0 Å². The molecule has 0 nitrogen and oxygen atoms in total. The third-order valence-electron chi connectivity index (χ3n) is 3.48. The minimum absolute atomic E-state index is 0.647. The van der Waals surface area contributed by atoms with Gasteiger partial charge in [-0.05, 0) is 28.7 Å². The number of fused-ring (bicyclic) bond motifs is 2. The smallest absolute Gasteiger partial charge is 0.106 e. The summed E-state index contributed by atoms with van der Waals surface area (Å²) in [7, 11) is -0.647. The summed E-state index contributed by atoms with van der Waals surface area (Å²) < 4.78 is 0. The molecule has 1 aromatic rings. The van der Waals surface area contributed by atoms with Crippen molar-refractivity contribution in [2.75, 3.05) is 0 Å². The van der Waals surface area contributed by atoms with Crippen LogP contribution in [0.25, 0.3) is 5.57 Å². The van der Waals surface area contributed by atoms with E-state index in [-0.39, 0.29) is 0 Å². The van der Waals surface area contributed by atoms with Gasteiger partial charge < -0.3 is 0 Å². The SMILES string of the molecule is C=C[Si]1C2=C(C=CC(C)C2)c2ccccc21. The second kappa shape index (κ2) is 3.60. The predicted octanol–water partition coefficient (Wildman–Crippen LogP) is 3.02. The van der Waals surface area contributed by atoms with Crippen LogP contribution in [0.1, 0.15) is 18.9 Å². The molecule has 1 atom stereocenters. The summed E-state index contributed by atoms with van der Waals surface area (Å²) >= 11 is 0. The van der Waals surface area contributed by atoms with Gasteiger partial charge in [0, 0.05) is 0 Å². The molecule has 1 radical (unpaired) electrons. The van der Waals surface area contributed by atoms with Gasteiger partial charge in [0.2, 0.25) is 0 Å². The zero-order valence-electron chi connectivity index (χ0n) is 9.53. The summed E-state index contributed by atoms with van der Waals surface area (Å²) in [6, 6.07) is 8.83. The fourth-order valence-corrected chi connectivity index (χ4v) is 5.34. The van der Waals surface area contributed by atoms with Gasteiger partial charge in [0.1, 0.15) is 8.80 Å². The Morgan fingerprint density at radius 3 is 3.00 bits per heavy atom. The molecule has 1 aromatic carbocycles. The molecular weight excluding hydrogens is 208 g/mol. The second-order valence-corrected chi connectivity index (χ2v) is 6.97. The quantitative estimate of drug-likeness (QED) is 0.642. The van der Waals surface area contributed by atoms with Crippen LogP contribution in [0.4, 0.5) is 0 Å². The van der Waals surface area contributed by atoms with Gasteiger partial charge in [-0.1, -0.05) is 54.2 Å². The molecule has 0 aromatic heterocycles. The Bertz CT molecular complexity index is 508. The lowest BCUT2D eigenvalue weighted by atomic mass is 9.94. The first kappa shape index (κ1) is 9.85. The molecule has 1 aliphatic carbocycles. The Labute approximate surface area is 98.6 Å². The fraction of sp³-hybridized carbons (Fsp3) is 0.200. The molecule has 3 rings (SSSR count). The molecule has 0 N–H and O–H groups in total. The van der Waals surface area contributed by atoms with Crippen LogP contribution in [0.5, 0.6) is 0 Å². The molecule has 0 saturated heterocycles. The Morgan fingerprint density at radius 2 is 2.19 bits per heavy atom. The Balaban J connectivity index is 2.19. The molecule has 16 heavy (non-hydrogen) atoms. The van der Waals surface area contributed by atoms with Crippen LogP contribution < -0.4 is 5.19 Å². The summed E-state index contributed by atoms with van der Waals surface area (Å²) in [4.78, 5) is 0. The van der Waals surface area contributed by atoms with E-state index in [1.165, 1.54) is 22.7 Å². The van der Waals surface area contributed by atoms with Crippen LogP contribution in [0.3, 0.4) is 0 Å². The summed E-state index contributed by atoms with van der Waals surface area (Å²) in [6.45, 7) is 6.34. The molecule has 1 heteroatoms. The predicted molar refractivity (Wildman–Crippen MR) is 71.9 cm³/mol. The summed E-state index contributed by atoms with van der Waals surface area (Å²) in [5.74, 6) is 0.688. The van der Waals surface area contributed by atoms with E-state index < -0.39 is 8.80 Å². The van der Waals surface area contributed by atoms with Gasteiger partial charge in [-0.3, -0.25) is 0 Å². The first-order valence-corrected chi connectivity index (χ1v) is 7.40. The highest BCUT2D eigenvalue weighted by atomic mass is 28.3. The van der Waals surface area contributed by atoms with Crippen LogP contribution in [0.2, 0.25) is 0 Å². The highest BCUT2D eigenvalue weighted by Gasteiger charge is 2.31. The lowest BCUT2D eigenvalue weighted by Crippen LogP contribution is -2.28. The van der Waals surface area contributed by atoms with Crippen molar-refractivity contribution in [3.63, 3.8) is 0 Å². The maximum atomic E-state index is 4.04. The minimum Gasteiger partial charge on any atom is -0.106 e. The maximum Gasteiger partial charge on any atom is 0.143 e. The van der Waals surface area contributed by atoms with Crippen molar-refractivity contribution in [2.24, 2.45) is 5.92 Å². The first-order chi connectivity index (χ1) is 7.81. The number of rotatable bonds is 1. The second-order valence-electron chi connectivity index (χ2n) is 4.60. The molecule has 0 amide bonds. The van der Waals surface area contributed by atoms with Crippen LogP contribution in [0.15, 0.2) is 53.9 Å². The zero-order chi connectivity index (χ0) is 11.1. The van der Waals surface area contributed by atoms with Crippen molar-refractivity contribution < 1.29 is 0 Å².